The molecular weight excluding hydrogens is 824 g/mol. The first kappa shape index (κ1) is 48.2. The van der Waals surface area contributed by atoms with Gasteiger partial charge in [0.25, 0.3) is 6.47 Å². The molecule has 306 valence electrons. The van der Waals surface area contributed by atoms with Gasteiger partial charge < -0.3 is 45.8 Å². The van der Waals surface area contributed by atoms with E-state index in [-0.39, 0.29) is 58.5 Å². The van der Waals surface area contributed by atoms with Crippen molar-refractivity contribution < 1.29 is 71.8 Å². The van der Waals surface area contributed by atoms with Gasteiger partial charge in [-0.3, -0.25) is 4.79 Å². The van der Waals surface area contributed by atoms with Crippen LogP contribution in [0.2, 0.25) is 2.82 Å². The number of alkyl halides is 1. The van der Waals surface area contributed by atoms with Gasteiger partial charge in [0.1, 0.15) is 14.3 Å². The van der Waals surface area contributed by atoms with Gasteiger partial charge in [0, 0.05) is 34.5 Å². The van der Waals surface area contributed by atoms with Crippen LogP contribution in [0.5, 0.6) is 11.5 Å². The normalized spacial score (nSPS) is 28.4. The van der Waals surface area contributed by atoms with E-state index in [1.165, 1.54) is 104 Å². The number of hydrogen-bond acceptors (Lipinski definition) is 10. The van der Waals surface area contributed by atoms with Crippen LogP contribution in [-0.4, -0.2) is 81.3 Å². The number of likely N-dealkylation sites (N-methyl/N-ethyl adjacent to an activating group) is 1. The minimum atomic E-state index is -0.873. The summed E-state index contributed by atoms with van der Waals surface area (Å²) in [4.78, 5) is 23.6. The van der Waals surface area contributed by atoms with E-state index in [0.29, 0.717) is 16.5 Å². The molecule has 55 heavy (non-hydrogen) atoms. The molecule has 2 aromatic rings. The molecule has 4 aliphatic carbocycles. The summed E-state index contributed by atoms with van der Waals surface area (Å²) in [7, 11) is 7.24. The molecule has 2 saturated carbocycles. The summed E-state index contributed by atoms with van der Waals surface area (Å²) in [5.74, 6) is 3.80. The number of methoxy groups -OCH3 is 2. The first-order valence-electron chi connectivity index (χ1n) is 19.5. The second-order valence-corrected chi connectivity index (χ2v) is 15.6. The maximum absolute atomic E-state index is 9.71. The second kappa shape index (κ2) is 24.7. The van der Waals surface area contributed by atoms with Gasteiger partial charge >= 0.3 is 35.0 Å². The fraction of sp³-hybridized carbons (Fsp3) is 0.650. The Labute approximate surface area is 373 Å². The Kier molecular flexibility index (Phi) is 21.6. The molecule has 0 amide bonds. The molecule has 0 spiro atoms. The van der Waals surface area contributed by atoms with Crippen molar-refractivity contribution in [3.8, 4) is 11.5 Å². The second-order valence-electron chi connectivity index (χ2n) is 14.7. The van der Waals surface area contributed by atoms with E-state index in [0.717, 1.165) is 35.4 Å². The molecule has 2 aromatic carbocycles. The number of rotatable bonds is 4. The standard InChI is InChI=1S/C18H25NO.C17H23NO.C3H4Cl2O2.CH5N.CH2O3.BrH.Na.H2O/c1-19-10-9-18-8-4-3-5-15(18)17(19)11-13-6-7-14(20-2)12-16(13)18;1-19-13-6-5-12-10-16-14-4-2-3-7-17(14,8-9-18-16)15(12)11-13;1-2(4)7-3(5)6;1-2;2-1-4-3;;;/h6-7,12,15,17H,3-5,8-11H2,1-2H3;5-6,11,14,16,18H,2-4,7-10H2,1H3;2H,1H3;2H2,1H3;1,3H;1H;;1H2/q;;;;;;+1;/p-1/t15?,17?,18-;14?,16?,17-;;;;;;/m00....../s1/i/hD2. The van der Waals surface area contributed by atoms with Crippen molar-refractivity contribution in [2.75, 3.05) is 41.4 Å². The molecular formula is C40H61BrCl2N3NaO8. The van der Waals surface area contributed by atoms with Crippen molar-refractivity contribution in [1.82, 2.24) is 10.2 Å². The van der Waals surface area contributed by atoms with E-state index in [2.05, 4.69) is 63.3 Å². The van der Waals surface area contributed by atoms with Crippen LogP contribution < -0.4 is 55.3 Å². The van der Waals surface area contributed by atoms with Crippen LogP contribution in [0, 0.1) is 11.8 Å². The smallest absolute Gasteiger partial charge is 0.662 e. The van der Waals surface area contributed by atoms with E-state index in [1.807, 2.05) is 0 Å². The Morgan fingerprint density at radius 2 is 1.49 bits per heavy atom. The fourth-order valence-electron chi connectivity index (χ4n) is 10.5. The zero-order valence-corrected chi connectivity index (χ0v) is 38.5. The van der Waals surface area contributed by atoms with Crippen molar-refractivity contribution >= 4 is 52.1 Å². The molecule has 4 bridgehead atoms. The first-order valence-corrected chi connectivity index (χ1v) is 19.4. The molecule has 7 atom stereocenters. The van der Waals surface area contributed by atoms with E-state index < -0.39 is 11.0 Å². The van der Waals surface area contributed by atoms with Crippen LogP contribution in [0.15, 0.2) is 36.4 Å². The number of fused-ring (bicyclic) bond motifs is 2. The Hall–Kier alpha value is -1.16. The van der Waals surface area contributed by atoms with Crippen molar-refractivity contribution in [3.63, 3.8) is 0 Å². The average molecular weight is 888 g/mol. The number of halogens is 3. The Morgan fingerprint density at radius 1 is 0.982 bits per heavy atom. The largest absolute Gasteiger partial charge is 1.00 e. The predicted octanol–water partition coefficient (Wildman–Crippen LogP) is 3.14. The van der Waals surface area contributed by atoms with E-state index in [1.54, 1.807) is 36.5 Å². The Balaban J connectivity index is 0.000000409. The van der Waals surface area contributed by atoms with Crippen LogP contribution in [0.4, 0.5) is 4.79 Å². The number of nitrogens with one attached hydrogen (secondary N) is 1. The number of nitrogens with two attached hydrogens (primary N) is 1. The molecule has 4 fully saturated rings. The van der Waals surface area contributed by atoms with Gasteiger partial charge in [0.15, 0.2) is 5.56 Å². The van der Waals surface area contributed by atoms with Gasteiger partial charge in [0.2, 0.25) is 0 Å². The molecule has 0 radical (unpaired) electrons. The van der Waals surface area contributed by atoms with Crippen LogP contribution in [0.25, 0.3) is 0 Å². The van der Waals surface area contributed by atoms with E-state index in [4.69, 9.17) is 45.6 Å². The van der Waals surface area contributed by atoms with Gasteiger partial charge in [-0.25, -0.2) is 4.79 Å². The number of nitrogens with zero attached hydrogens (tertiary/aromatic N) is 1. The molecule has 8 rings (SSSR count). The number of carbonyl (C=O) groups excluding carboxylic acids is 2. The molecule has 6 aliphatic rings. The zero-order chi connectivity index (χ0) is 39.5. The maximum Gasteiger partial charge on any atom is 1.00 e. The van der Waals surface area contributed by atoms with Crippen LogP contribution in [0.3, 0.4) is 0 Å². The Bertz CT molecular complexity index is 1530. The third kappa shape index (κ3) is 12.0. The fourth-order valence-corrected chi connectivity index (χ4v) is 10.7. The quantitative estimate of drug-likeness (QED) is 0.116. The predicted molar refractivity (Wildman–Crippen MR) is 217 cm³/mol. The summed E-state index contributed by atoms with van der Waals surface area (Å²) < 4.78 is 27.3. The number of likely N-dealkylation sites (tertiary alicyclic amines) is 1. The number of carbonyl (C=O) groups is 2. The van der Waals surface area contributed by atoms with Crippen LogP contribution in [-0.2, 0) is 38.1 Å². The van der Waals surface area contributed by atoms with Gasteiger partial charge in [-0.2, -0.15) is 0 Å². The van der Waals surface area contributed by atoms with Gasteiger partial charge in [-0.15, -0.1) is 17.0 Å². The maximum atomic E-state index is 9.71. The summed E-state index contributed by atoms with van der Waals surface area (Å²) in [6.07, 6.45) is 16.4. The van der Waals surface area contributed by atoms with Gasteiger partial charge in [0.05, 0.1) is 14.2 Å². The van der Waals surface area contributed by atoms with Gasteiger partial charge in [-0.05, 0) is 144 Å². The third-order valence-electron chi connectivity index (χ3n) is 12.5. The summed E-state index contributed by atoms with van der Waals surface area (Å²) in [6, 6.07) is 15.1. The SMILES string of the molecule is Br.CC(Cl)OC(=O)Cl.COc1ccc2c(c1)[C@]13CCCCC1C(C2)N(C)CC3.COc1ccc2c(c1)[C@]13CCCCC1C(C2)NCC3.O.O=CO[O-].[2H]N([2H])C.[Na+]. The third-order valence-corrected chi connectivity index (χ3v) is 12.6. The average Bonchev–Trinajstić information content (AvgIpc) is 3.16. The van der Waals surface area contributed by atoms with Crippen molar-refractivity contribution in [3.05, 3.63) is 58.7 Å². The topological polar surface area (TPSA) is 167 Å². The van der Waals surface area contributed by atoms with Crippen molar-refractivity contribution in [2.45, 2.75) is 112 Å². The molecule has 2 aliphatic heterocycles. The minimum absolute atomic E-state index is 0. The molecule has 11 nitrogen and oxygen atoms in total. The van der Waals surface area contributed by atoms with Crippen molar-refractivity contribution in [2.24, 2.45) is 17.6 Å². The van der Waals surface area contributed by atoms with Gasteiger partial charge in [-0.1, -0.05) is 49.4 Å². The molecule has 15 heteroatoms. The van der Waals surface area contributed by atoms with Crippen molar-refractivity contribution in [1.29, 1.82) is 0 Å². The number of ether oxygens (including phenoxy) is 3. The Morgan fingerprint density at radius 3 is 1.96 bits per heavy atom. The van der Waals surface area contributed by atoms with Crippen LogP contribution in [0.1, 0.15) is 93.4 Å². The van der Waals surface area contributed by atoms with E-state index in [9.17, 15) is 4.79 Å². The summed E-state index contributed by atoms with van der Waals surface area (Å²) >= 11 is 9.87. The minimum Gasteiger partial charge on any atom is -0.662 e. The summed E-state index contributed by atoms with van der Waals surface area (Å²) in [5, 5.41) is 12.2. The number of piperidine rings is 2. The molecule has 2 saturated heterocycles. The molecule has 0 aromatic heterocycles. The molecule has 5 N–H and O–H groups in total. The monoisotopic (exact) mass is 885 g/mol. The molecule has 2 heterocycles. The molecule has 5 unspecified atom stereocenters. The zero-order valence-electron chi connectivity index (χ0n) is 35.2. The first-order chi connectivity index (χ1) is 25.8. The van der Waals surface area contributed by atoms with Crippen LogP contribution >= 0.6 is 40.2 Å². The summed E-state index contributed by atoms with van der Waals surface area (Å²) in [5.41, 5.74) is 6.30. The summed E-state index contributed by atoms with van der Waals surface area (Å²) in [6.45, 7) is 3.78. The van der Waals surface area contributed by atoms with E-state index >= 15 is 0 Å². The number of hydrogen-bond donors (Lipinski definition) is 2. The number of benzene rings is 2.